The van der Waals surface area contributed by atoms with Crippen LogP contribution >= 0.6 is 0 Å². The van der Waals surface area contributed by atoms with E-state index in [2.05, 4.69) is 0 Å². The quantitative estimate of drug-likeness (QED) is 0.569. The zero-order valence-electron chi connectivity index (χ0n) is 10.8. The molecule has 0 bridgehead atoms. The Bertz CT molecular complexity index is 374. The maximum Gasteiger partial charge on any atom is 1.00 e. The third kappa shape index (κ3) is 5.02. The number of hydrogen-bond donors (Lipinski definition) is 0. The molecule has 1 aromatic carbocycles. The largest absolute Gasteiger partial charge is 1.00 e. The molecule has 5 heteroatoms. The molecule has 1 atom stereocenters. The molecule has 0 aliphatic heterocycles. The first-order valence-corrected chi connectivity index (χ1v) is 7.15. The fourth-order valence-corrected chi connectivity index (χ4v) is 2.57. The number of benzene rings is 1. The Balaban J connectivity index is 0.00000162. The van der Waals surface area contributed by atoms with Crippen molar-refractivity contribution in [3.8, 4) is 5.75 Å². The van der Waals surface area contributed by atoms with Crippen LogP contribution in [0.2, 0.25) is 0 Å². The van der Waals surface area contributed by atoms with Crippen molar-refractivity contribution in [2.75, 3.05) is 6.61 Å². The van der Waals surface area contributed by atoms with Gasteiger partial charge in [0.2, 0.25) is 0 Å². The fourth-order valence-electron chi connectivity index (χ4n) is 2.21. The van der Waals surface area contributed by atoms with Crippen molar-refractivity contribution in [2.24, 2.45) is 5.92 Å². The summed E-state index contributed by atoms with van der Waals surface area (Å²) in [6.07, 6.45) is 6.47. The topological polar surface area (TPSA) is 49.4 Å². The molecule has 3 nitrogen and oxygen atoms in total. The maximum absolute atomic E-state index is 10.7. The average molecular weight is 276 g/mol. The predicted octanol–water partition coefficient (Wildman–Crippen LogP) is -0.112. The summed E-state index contributed by atoms with van der Waals surface area (Å²) in [6.45, 7) is 0.750. The van der Waals surface area contributed by atoms with Crippen molar-refractivity contribution >= 4 is 11.1 Å². The molecule has 0 amide bonds. The van der Waals surface area contributed by atoms with E-state index in [0.717, 1.165) is 12.4 Å². The summed E-state index contributed by atoms with van der Waals surface area (Å²) in [5.74, 6) is 1.42. The van der Waals surface area contributed by atoms with E-state index in [-0.39, 0.29) is 29.6 Å². The van der Waals surface area contributed by atoms with E-state index in [0.29, 0.717) is 10.8 Å². The second kappa shape index (κ2) is 8.33. The molecule has 0 heterocycles. The van der Waals surface area contributed by atoms with Crippen LogP contribution in [0.25, 0.3) is 0 Å². The Morgan fingerprint density at radius 3 is 2.33 bits per heavy atom. The third-order valence-corrected chi connectivity index (χ3v) is 3.88. The molecular weight excluding hydrogens is 259 g/mol. The van der Waals surface area contributed by atoms with Crippen molar-refractivity contribution in [3.63, 3.8) is 0 Å². The Morgan fingerprint density at radius 2 is 1.78 bits per heavy atom. The average Bonchev–Trinajstić information content (AvgIpc) is 2.38. The summed E-state index contributed by atoms with van der Waals surface area (Å²) in [7, 11) is 0. The van der Waals surface area contributed by atoms with Gasteiger partial charge in [0.15, 0.2) is 0 Å². The van der Waals surface area contributed by atoms with E-state index < -0.39 is 11.1 Å². The molecule has 1 aromatic rings. The Labute approximate surface area is 133 Å². The van der Waals surface area contributed by atoms with Gasteiger partial charge in [0.25, 0.3) is 0 Å². The normalized spacial score (nSPS) is 17.8. The van der Waals surface area contributed by atoms with Crippen LogP contribution in [0.15, 0.2) is 29.2 Å². The molecule has 0 aromatic heterocycles. The molecule has 1 aliphatic rings. The van der Waals surface area contributed by atoms with Crippen LogP contribution in [0.3, 0.4) is 0 Å². The summed E-state index contributed by atoms with van der Waals surface area (Å²) < 4.78 is 27.0. The van der Waals surface area contributed by atoms with Crippen LogP contribution in [0.1, 0.15) is 32.1 Å². The number of ether oxygens (including phenoxy) is 1. The predicted molar refractivity (Wildman–Crippen MR) is 65.7 cm³/mol. The molecule has 1 unspecified atom stereocenters. The van der Waals surface area contributed by atoms with Gasteiger partial charge in [-0.15, -0.1) is 0 Å². The Hall–Kier alpha value is 0.130. The second-order valence-corrected chi connectivity index (χ2v) is 5.46. The molecule has 94 valence electrons. The van der Waals surface area contributed by atoms with E-state index >= 15 is 0 Å². The van der Waals surface area contributed by atoms with Crippen molar-refractivity contribution < 1.29 is 43.1 Å². The molecule has 0 saturated heterocycles. The molecule has 18 heavy (non-hydrogen) atoms. The van der Waals surface area contributed by atoms with Gasteiger partial charge in [-0.2, -0.15) is 0 Å². The van der Waals surface area contributed by atoms with E-state index in [1.165, 1.54) is 32.1 Å². The van der Waals surface area contributed by atoms with E-state index in [9.17, 15) is 8.76 Å². The molecule has 0 N–H and O–H groups in total. The second-order valence-electron chi connectivity index (χ2n) is 4.52. The summed E-state index contributed by atoms with van der Waals surface area (Å²) in [5.41, 5.74) is 0. The van der Waals surface area contributed by atoms with Gasteiger partial charge >= 0.3 is 29.6 Å². The molecule has 0 radical (unpaired) electrons. The third-order valence-electron chi connectivity index (χ3n) is 3.23. The zero-order chi connectivity index (χ0) is 12.1. The van der Waals surface area contributed by atoms with Crippen molar-refractivity contribution in [1.82, 2.24) is 0 Å². The van der Waals surface area contributed by atoms with Crippen LogP contribution in [-0.2, 0) is 11.1 Å². The van der Waals surface area contributed by atoms with E-state index in [4.69, 9.17) is 4.74 Å². The van der Waals surface area contributed by atoms with Gasteiger partial charge in [0.1, 0.15) is 5.75 Å². The smallest absolute Gasteiger partial charge is 0.768 e. The van der Waals surface area contributed by atoms with Gasteiger partial charge in [0.05, 0.1) is 6.61 Å². The summed E-state index contributed by atoms with van der Waals surface area (Å²) in [4.78, 5) is 0.301. The van der Waals surface area contributed by atoms with E-state index in [1.54, 1.807) is 24.3 Å². The summed E-state index contributed by atoms with van der Waals surface area (Å²) in [5, 5.41) is 0. The van der Waals surface area contributed by atoms with Gasteiger partial charge in [0, 0.05) is 4.90 Å². The molecule has 0 spiro atoms. The van der Waals surface area contributed by atoms with Crippen LogP contribution in [-0.4, -0.2) is 15.4 Å². The monoisotopic (exact) mass is 276 g/mol. The van der Waals surface area contributed by atoms with Crippen LogP contribution in [0.4, 0.5) is 0 Å². The molecule has 2 rings (SSSR count). The van der Waals surface area contributed by atoms with E-state index in [1.807, 2.05) is 0 Å². The van der Waals surface area contributed by atoms with Gasteiger partial charge in [-0.1, -0.05) is 19.3 Å². The minimum absolute atomic E-state index is 0. The van der Waals surface area contributed by atoms with Gasteiger partial charge < -0.3 is 9.29 Å². The SMILES string of the molecule is O=S([O-])c1ccc(OCC2CCCCC2)cc1.[Na+]. The number of hydrogen-bond acceptors (Lipinski definition) is 3. The number of rotatable bonds is 4. The fraction of sp³-hybridized carbons (Fsp3) is 0.538. The minimum atomic E-state index is -2.15. The first kappa shape index (κ1) is 16.2. The van der Waals surface area contributed by atoms with Crippen molar-refractivity contribution in [2.45, 2.75) is 37.0 Å². The van der Waals surface area contributed by atoms with Crippen molar-refractivity contribution in [3.05, 3.63) is 24.3 Å². The molecule has 1 fully saturated rings. The first-order valence-electron chi connectivity index (χ1n) is 6.08. The van der Waals surface area contributed by atoms with Gasteiger partial charge in [-0.25, -0.2) is 0 Å². The molecular formula is C13H17NaO3S. The van der Waals surface area contributed by atoms with Crippen LogP contribution in [0, 0.1) is 5.92 Å². The van der Waals surface area contributed by atoms with Gasteiger partial charge in [-0.3, -0.25) is 4.21 Å². The Kier molecular flexibility index (Phi) is 7.49. The zero-order valence-corrected chi connectivity index (χ0v) is 13.6. The summed E-state index contributed by atoms with van der Waals surface area (Å²) in [6, 6.07) is 6.57. The minimum Gasteiger partial charge on any atom is -0.768 e. The Morgan fingerprint density at radius 1 is 1.17 bits per heavy atom. The van der Waals surface area contributed by atoms with Crippen LogP contribution in [0.5, 0.6) is 5.75 Å². The van der Waals surface area contributed by atoms with Crippen molar-refractivity contribution in [1.29, 1.82) is 0 Å². The van der Waals surface area contributed by atoms with Crippen LogP contribution < -0.4 is 34.3 Å². The standard InChI is InChI=1S/C13H18O3S.Na/c14-17(15)13-8-6-12(7-9-13)16-10-11-4-2-1-3-5-11;/h6-9,11H,1-5,10H2,(H,14,15);/q;+1/p-1. The summed E-state index contributed by atoms with van der Waals surface area (Å²) >= 11 is -2.15. The maximum atomic E-state index is 10.7. The van der Waals surface area contributed by atoms with Gasteiger partial charge in [-0.05, 0) is 54.1 Å². The molecule has 1 aliphatic carbocycles. The first-order chi connectivity index (χ1) is 8.25. The molecule has 1 saturated carbocycles.